The van der Waals surface area contributed by atoms with Crippen LogP contribution in [0.25, 0.3) is 105 Å². The molecule has 3 aromatic heterocycles. The molecule has 3 heteroatoms. The lowest BCUT2D eigenvalue weighted by Crippen LogP contribution is -1.93. The number of hydrogen-bond donors (Lipinski definition) is 0. The van der Waals surface area contributed by atoms with Gasteiger partial charge in [-0.3, -0.25) is 0 Å². The molecule has 238 valence electrons. The minimum absolute atomic E-state index is 0.819. The van der Waals surface area contributed by atoms with E-state index in [1.54, 1.807) is 0 Å². The Morgan fingerprint density at radius 3 is 1.53 bits per heavy atom. The molecule has 0 aliphatic rings. The van der Waals surface area contributed by atoms with Crippen molar-refractivity contribution < 1.29 is 8.83 Å². The van der Waals surface area contributed by atoms with Crippen LogP contribution >= 0.6 is 0 Å². The molecule has 0 aliphatic carbocycles. The molecule has 51 heavy (non-hydrogen) atoms. The van der Waals surface area contributed by atoms with Gasteiger partial charge in [0.2, 0.25) is 0 Å². The van der Waals surface area contributed by atoms with E-state index < -0.39 is 0 Å². The predicted octanol–water partition coefficient (Wildman–Crippen LogP) is 13.6. The van der Waals surface area contributed by atoms with Crippen LogP contribution in [0.15, 0.2) is 185 Å². The van der Waals surface area contributed by atoms with Crippen molar-refractivity contribution in [2.75, 3.05) is 0 Å². The summed E-state index contributed by atoms with van der Waals surface area (Å²) < 4.78 is 15.5. The van der Waals surface area contributed by atoms with Gasteiger partial charge in [-0.25, -0.2) is 0 Å². The van der Waals surface area contributed by atoms with Gasteiger partial charge in [-0.05, 0) is 106 Å². The molecule has 3 heterocycles. The Balaban J connectivity index is 1.11. The SMILES string of the molecule is c1ccc(-c2cc(-c3ccccc3)cc(-c3ccc4oc5ccc6c7cc(-n8c9ccccc9c9ccccc98)ccc7oc6c5c4c3)c2)cc1. The summed E-state index contributed by atoms with van der Waals surface area (Å²) >= 11 is 0. The maximum Gasteiger partial charge on any atom is 0.147 e. The fourth-order valence-electron chi connectivity index (χ4n) is 7.99. The highest BCUT2D eigenvalue weighted by Crippen LogP contribution is 2.42. The molecule has 0 radical (unpaired) electrons. The third-order valence-corrected chi connectivity index (χ3v) is 10.4. The third-order valence-electron chi connectivity index (χ3n) is 10.4. The van der Waals surface area contributed by atoms with E-state index in [1.807, 2.05) is 0 Å². The van der Waals surface area contributed by atoms with E-state index >= 15 is 0 Å². The van der Waals surface area contributed by atoms with Gasteiger partial charge < -0.3 is 13.4 Å². The number of rotatable bonds is 4. The van der Waals surface area contributed by atoms with Gasteiger partial charge in [-0.2, -0.15) is 0 Å². The fraction of sp³-hybridized carbons (Fsp3) is 0. The summed E-state index contributed by atoms with van der Waals surface area (Å²) in [5.74, 6) is 0. The van der Waals surface area contributed by atoms with Crippen molar-refractivity contribution in [1.29, 1.82) is 0 Å². The number of hydrogen-bond acceptors (Lipinski definition) is 2. The summed E-state index contributed by atoms with van der Waals surface area (Å²) in [4.78, 5) is 0. The van der Waals surface area contributed by atoms with Crippen molar-refractivity contribution in [3.8, 4) is 39.1 Å². The van der Waals surface area contributed by atoms with E-state index in [1.165, 1.54) is 44.1 Å². The minimum Gasteiger partial charge on any atom is -0.456 e. The molecule has 0 saturated heterocycles. The first-order valence-electron chi connectivity index (χ1n) is 17.3. The van der Waals surface area contributed by atoms with E-state index in [9.17, 15) is 0 Å². The monoisotopic (exact) mass is 651 g/mol. The zero-order valence-corrected chi connectivity index (χ0v) is 27.5. The van der Waals surface area contributed by atoms with E-state index in [0.717, 1.165) is 60.7 Å². The zero-order chi connectivity index (χ0) is 33.5. The van der Waals surface area contributed by atoms with Gasteiger partial charge in [-0.15, -0.1) is 0 Å². The van der Waals surface area contributed by atoms with Crippen LogP contribution in [-0.2, 0) is 0 Å². The zero-order valence-electron chi connectivity index (χ0n) is 27.5. The molecule has 3 nitrogen and oxygen atoms in total. The molecule has 0 spiro atoms. The highest BCUT2D eigenvalue weighted by atomic mass is 16.3. The Bertz CT molecular complexity index is 3010. The second-order valence-electron chi connectivity index (χ2n) is 13.3. The van der Waals surface area contributed by atoms with E-state index in [2.05, 4.69) is 180 Å². The molecule has 0 unspecified atom stereocenters. The lowest BCUT2D eigenvalue weighted by Gasteiger charge is -2.11. The average molecular weight is 652 g/mol. The lowest BCUT2D eigenvalue weighted by atomic mass is 9.93. The average Bonchev–Trinajstić information content (AvgIpc) is 3.87. The summed E-state index contributed by atoms with van der Waals surface area (Å²) in [7, 11) is 0. The van der Waals surface area contributed by atoms with Crippen LogP contribution in [0.4, 0.5) is 0 Å². The molecule has 0 atom stereocenters. The van der Waals surface area contributed by atoms with Crippen LogP contribution in [0.5, 0.6) is 0 Å². The van der Waals surface area contributed by atoms with Crippen molar-refractivity contribution >= 4 is 65.7 Å². The Labute approximate surface area is 293 Å². The standard InChI is InChI=1S/C48H29NO2/c1-3-11-30(12-4-1)33-25-34(31-13-5-2-6-14-31)27-35(26-33)32-19-22-45-41(28-32)47-46(50-45)24-21-39-40-29-36(20-23-44(40)51-48(39)47)49-42-17-9-7-15-37(42)38-16-8-10-18-43(38)49/h1-29H. The molecule has 0 N–H and O–H groups in total. The summed E-state index contributed by atoms with van der Waals surface area (Å²) in [6.45, 7) is 0. The third kappa shape index (κ3) is 4.32. The fourth-order valence-corrected chi connectivity index (χ4v) is 7.99. The van der Waals surface area contributed by atoms with Gasteiger partial charge in [0.1, 0.15) is 22.3 Å². The van der Waals surface area contributed by atoms with E-state index in [4.69, 9.17) is 8.83 Å². The lowest BCUT2D eigenvalue weighted by molar-refractivity contribution is 0.663. The summed E-state index contributed by atoms with van der Waals surface area (Å²) in [5.41, 5.74) is 13.9. The van der Waals surface area contributed by atoms with Crippen LogP contribution in [0, 0.1) is 0 Å². The molecule has 0 saturated carbocycles. The Kier molecular flexibility index (Phi) is 5.96. The van der Waals surface area contributed by atoms with Crippen molar-refractivity contribution in [1.82, 2.24) is 4.57 Å². The smallest absolute Gasteiger partial charge is 0.147 e. The van der Waals surface area contributed by atoms with Crippen molar-refractivity contribution in [3.05, 3.63) is 176 Å². The largest absolute Gasteiger partial charge is 0.456 e. The van der Waals surface area contributed by atoms with Gasteiger partial charge in [0, 0.05) is 32.6 Å². The first kappa shape index (κ1) is 28.0. The van der Waals surface area contributed by atoms with Crippen molar-refractivity contribution in [2.45, 2.75) is 0 Å². The Morgan fingerprint density at radius 2 is 0.863 bits per heavy atom. The first-order chi connectivity index (χ1) is 25.3. The van der Waals surface area contributed by atoms with Crippen LogP contribution < -0.4 is 0 Å². The van der Waals surface area contributed by atoms with Gasteiger partial charge in [0.05, 0.1) is 16.4 Å². The molecular formula is C48H29NO2. The quantitative estimate of drug-likeness (QED) is 0.190. The Morgan fingerprint density at radius 1 is 0.314 bits per heavy atom. The number of aromatic nitrogens is 1. The van der Waals surface area contributed by atoms with Gasteiger partial charge in [0.15, 0.2) is 0 Å². The topological polar surface area (TPSA) is 31.2 Å². The summed E-state index contributed by atoms with van der Waals surface area (Å²) in [5, 5.41) is 6.70. The van der Waals surface area contributed by atoms with Crippen LogP contribution in [0.2, 0.25) is 0 Å². The molecular weight excluding hydrogens is 623 g/mol. The molecule has 8 aromatic carbocycles. The number of benzene rings is 8. The number of furan rings is 2. The molecule has 11 aromatic rings. The van der Waals surface area contributed by atoms with Crippen LogP contribution in [-0.4, -0.2) is 4.57 Å². The summed E-state index contributed by atoms with van der Waals surface area (Å²) in [6, 6.07) is 62.6. The van der Waals surface area contributed by atoms with Gasteiger partial charge >= 0.3 is 0 Å². The first-order valence-corrected chi connectivity index (χ1v) is 17.3. The van der Waals surface area contributed by atoms with Gasteiger partial charge in [0.25, 0.3) is 0 Å². The number of nitrogens with zero attached hydrogens (tertiary/aromatic N) is 1. The molecule has 0 fully saturated rings. The predicted molar refractivity (Wildman–Crippen MR) is 212 cm³/mol. The molecule has 0 bridgehead atoms. The van der Waals surface area contributed by atoms with Crippen molar-refractivity contribution in [2.24, 2.45) is 0 Å². The second kappa shape index (κ2) is 10.8. The highest BCUT2D eigenvalue weighted by Gasteiger charge is 2.19. The maximum atomic E-state index is 6.71. The summed E-state index contributed by atoms with van der Waals surface area (Å²) in [6.07, 6.45) is 0. The van der Waals surface area contributed by atoms with Crippen LogP contribution in [0.1, 0.15) is 0 Å². The van der Waals surface area contributed by atoms with Crippen LogP contribution in [0.3, 0.4) is 0 Å². The number of fused-ring (bicyclic) bond motifs is 10. The van der Waals surface area contributed by atoms with Crippen molar-refractivity contribution in [3.63, 3.8) is 0 Å². The van der Waals surface area contributed by atoms with E-state index in [0.29, 0.717) is 0 Å². The highest BCUT2D eigenvalue weighted by molar-refractivity contribution is 6.22. The Hall–Kier alpha value is -6.84. The molecule has 11 rings (SSSR count). The van der Waals surface area contributed by atoms with E-state index in [-0.39, 0.29) is 0 Å². The molecule has 0 amide bonds. The van der Waals surface area contributed by atoms with Gasteiger partial charge in [-0.1, -0.05) is 103 Å². The second-order valence-corrected chi connectivity index (χ2v) is 13.3. The maximum absolute atomic E-state index is 6.71. The number of para-hydroxylation sites is 2. The minimum atomic E-state index is 0.819. The normalized spacial score (nSPS) is 11.9. The molecule has 0 aliphatic heterocycles.